The highest BCUT2D eigenvalue weighted by molar-refractivity contribution is 6.14. The van der Waals surface area contributed by atoms with Crippen molar-refractivity contribution in [2.24, 2.45) is 4.99 Å². The van der Waals surface area contributed by atoms with Crippen LogP contribution in [0.3, 0.4) is 0 Å². The molecule has 1 aliphatic heterocycles. The molecule has 0 saturated heterocycles. The van der Waals surface area contributed by atoms with Crippen molar-refractivity contribution in [3.05, 3.63) is 47.2 Å². The van der Waals surface area contributed by atoms with Gasteiger partial charge in [0.25, 0.3) is 12.3 Å². The van der Waals surface area contributed by atoms with Gasteiger partial charge in [-0.05, 0) is 42.7 Å². The van der Waals surface area contributed by atoms with Crippen LogP contribution in [0.2, 0.25) is 0 Å². The molecular weight excluding hydrogens is 406 g/mol. The Morgan fingerprint density at radius 2 is 1.94 bits per heavy atom. The lowest BCUT2D eigenvalue weighted by Crippen LogP contribution is -2.40. The molecule has 2 heterocycles. The fourth-order valence-electron chi connectivity index (χ4n) is 4.53. The number of benzene rings is 1. The molecule has 6 nitrogen and oxygen atoms in total. The molecule has 1 saturated carbocycles. The quantitative estimate of drug-likeness (QED) is 0.655. The van der Waals surface area contributed by atoms with Gasteiger partial charge in [0.2, 0.25) is 0 Å². The van der Waals surface area contributed by atoms with Gasteiger partial charge in [0.1, 0.15) is 12.4 Å². The summed E-state index contributed by atoms with van der Waals surface area (Å²) in [7, 11) is 4.80. The SMILES string of the molecule is COc1cc(C2=N[C@H]3C(OC)CCC[C@@H]3c3cc(OCC(F)F)ccc32)cnc1OC. The number of aromatic nitrogens is 1. The van der Waals surface area contributed by atoms with E-state index in [0.717, 1.165) is 41.7 Å². The second-order valence-corrected chi connectivity index (χ2v) is 7.67. The zero-order valence-electron chi connectivity index (χ0n) is 17.8. The molecular formula is C23H26F2N2O4. The summed E-state index contributed by atoms with van der Waals surface area (Å²) >= 11 is 0. The lowest BCUT2D eigenvalue weighted by molar-refractivity contribution is 0.0460. The van der Waals surface area contributed by atoms with Crippen LogP contribution in [0.15, 0.2) is 35.5 Å². The van der Waals surface area contributed by atoms with Gasteiger partial charge in [-0.15, -0.1) is 0 Å². The first kappa shape index (κ1) is 21.5. The van der Waals surface area contributed by atoms with E-state index in [0.29, 0.717) is 17.4 Å². The van der Waals surface area contributed by atoms with E-state index < -0.39 is 13.0 Å². The van der Waals surface area contributed by atoms with Crippen LogP contribution < -0.4 is 14.2 Å². The third-order valence-electron chi connectivity index (χ3n) is 5.94. The van der Waals surface area contributed by atoms with E-state index in [2.05, 4.69) is 4.98 Å². The lowest BCUT2D eigenvalue weighted by Gasteiger charge is -2.39. The number of aliphatic imine (C=N–C) groups is 1. The summed E-state index contributed by atoms with van der Waals surface area (Å²) in [5.41, 5.74) is 3.54. The van der Waals surface area contributed by atoms with Gasteiger partial charge >= 0.3 is 0 Å². The van der Waals surface area contributed by atoms with E-state index in [-0.39, 0.29) is 18.1 Å². The number of halogens is 2. The number of alkyl halides is 2. The monoisotopic (exact) mass is 432 g/mol. The van der Waals surface area contributed by atoms with Crippen LogP contribution in [0.5, 0.6) is 17.4 Å². The summed E-state index contributed by atoms with van der Waals surface area (Å²) in [5, 5.41) is 0. The fourth-order valence-corrected chi connectivity index (χ4v) is 4.53. The van der Waals surface area contributed by atoms with Gasteiger partial charge in [-0.25, -0.2) is 13.8 Å². The Morgan fingerprint density at radius 1 is 1.10 bits per heavy atom. The molecule has 4 rings (SSSR count). The minimum atomic E-state index is -2.52. The largest absolute Gasteiger partial charge is 0.491 e. The number of ether oxygens (including phenoxy) is 4. The molecule has 166 valence electrons. The van der Waals surface area contributed by atoms with Crippen LogP contribution >= 0.6 is 0 Å². The van der Waals surface area contributed by atoms with E-state index in [1.165, 1.54) is 7.11 Å². The lowest BCUT2D eigenvalue weighted by atomic mass is 9.74. The second-order valence-electron chi connectivity index (χ2n) is 7.67. The number of nitrogens with zero attached hydrogens (tertiary/aromatic N) is 2. The molecule has 0 spiro atoms. The van der Waals surface area contributed by atoms with Crippen molar-refractivity contribution in [2.75, 3.05) is 27.9 Å². The smallest absolute Gasteiger partial charge is 0.272 e. The maximum absolute atomic E-state index is 12.7. The first-order valence-corrected chi connectivity index (χ1v) is 10.3. The van der Waals surface area contributed by atoms with Gasteiger partial charge in [-0.3, -0.25) is 4.99 Å². The predicted octanol–water partition coefficient (Wildman–Crippen LogP) is 4.24. The maximum atomic E-state index is 12.7. The number of hydrogen-bond donors (Lipinski definition) is 0. The highest BCUT2D eigenvalue weighted by Gasteiger charge is 2.39. The molecule has 0 radical (unpaired) electrons. The molecule has 8 heteroatoms. The van der Waals surface area contributed by atoms with Crippen molar-refractivity contribution in [1.29, 1.82) is 0 Å². The topological polar surface area (TPSA) is 62.2 Å². The molecule has 3 atom stereocenters. The maximum Gasteiger partial charge on any atom is 0.272 e. The summed E-state index contributed by atoms with van der Waals surface area (Å²) in [6.45, 7) is -0.631. The van der Waals surface area contributed by atoms with E-state index in [1.54, 1.807) is 26.5 Å². The molecule has 1 fully saturated rings. The Bertz CT molecular complexity index is 967. The highest BCUT2D eigenvalue weighted by atomic mass is 19.3. The van der Waals surface area contributed by atoms with Gasteiger partial charge < -0.3 is 18.9 Å². The number of pyridine rings is 1. The van der Waals surface area contributed by atoms with Crippen LogP contribution in [0.4, 0.5) is 8.78 Å². The predicted molar refractivity (Wildman–Crippen MR) is 112 cm³/mol. The van der Waals surface area contributed by atoms with Gasteiger partial charge in [0.15, 0.2) is 5.75 Å². The zero-order valence-corrected chi connectivity index (χ0v) is 17.8. The van der Waals surface area contributed by atoms with Crippen LogP contribution in [-0.4, -0.2) is 57.2 Å². The Hall–Kier alpha value is -2.74. The standard InChI is InChI=1S/C23H26F2N2O4/c1-28-18-6-4-5-15-17-10-14(31-12-20(24)25)7-8-16(17)21(27-22(15)18)13-9-19(29-2)23(30-3)26-11-13/h7-11,15,18,20,22H,4-6,12H2,1-3H3/t15-,18?,22-/m1/s1. The molecule has 0 N–H and O–H groups in total. The van der Waals surface area contributed by atoms with Crippen LogP contribution in [-0.2, 0) is 4.74 Å². The number of hydrogen-bond acceptors (Lipinski definition) is 6. The molecule has 2 aromatic rings. The second kappa shape index (κ2) is 9.18. The first-order valence-electron chi connectivity index (χ1n) is 10.3. The average Bonchev–Trinajstić information content (AvgIpc) is 2.81. The van der Waals surface area contributed by atoms with Crippen molar-refractivity contribution < 1.29 is 27.7 Å². The Balaban J connectivity index is 1.81. The third-order valence-corrected chi connectivity index (χ3v) is 5.94. The number of rotatable bonds is 7. The summed E-state index contributed by atoms with van der Waals surface area (Å²) in [6, 6.07) is 7.25. The summed E-state index contributed by atoms with van der Waals surface area (Å²) in [4.78, 5) is 9.46. The van der Waals surface area contributed by atoms with E-state index in [4.69, 9.17) is 23.9 Å². The van der Waals surface area contributed by atoms with Crippen molar-refractivity contribution in [2.45, 2.75) is 43.8 Å². The van der Waals surface area contributed by atoms with E-state index in [9.17, 15) is 8.78 Å². The van der Waals surface area contributed by atoms with Crippen molar-refractivity contribution in [1.82, 2.24) is 4.98 Å². The number of methoxy groups -OCH3 is 3. The Kier molecular flexibility index (Phi) is 6.36. The van der Waals surface area contributed by atoms with Crippen molar-refractivity contribution in [3.8, 4) is 17.4 Å². The molecule has 1 aromatic heterocycles. The highest BCUT2D eigenvalue weighted by Crippen LogP contribution is 2.43. The molecule has 1 unspecified atom stereocenters. The average molecular weight is 432 g/mol. The minimum Gasteiger partial charge on any atom is -0.491 e. The van der Waals surface area contributed by atoms with Crippen LogP contribution in [0.1, 0.15) is 41.9 Å². The van der Waals surface area contributed by atoms with E-state index >= 15 is 0 Å². The van der Waals surface area contributed by atoms with Gasteiger partial charge in [-0.2, -0.15) is 0 Å². The fraction of sp³-hybridized carbons (Fsp3) is 0.478. The summed E-state index contributed by atoms with van der Waals surface area (Å²) in [5.74, 6) is 1.48. The molecule has 31 heavy (non-hydrogen) atoms. The van der Waals surface area contributed by atoms with Crippen molar-refractivity contribution >= 4 is 5.71 Å². The van der Waals surface area contributed by atoms with Gasteiger partial charge in [0, 0.05) is 30.4 Å². The van der Waals surface area contributed by atoms with Crippen LogP contribution in [0.25, 0.3) is 0 Å². The first-order chi connectivity index (χ1) is 15.0. The van der Waals surface area contributed by atoms with E-state index in [1.807, 2.05) is 18.2 Å². The Labute approximate surface area is 180 Å². The third kappa shape index (κ3) is 4.21. The molecule has 2 aliphatic rings. The molecule has 0 amide bonds. The van der Waals surface area contributed by atoms with Gasteiger partial charge in [-0.1, -0.05) is 6.42 Å². The van der Waals surface area contributed by atoms with Crippen LogP contribution in [0, 0.1) is 0 Å². The molecule has 1 aromatic carbocycles. The summed E-state index contributed by atoms with van der Waals surface area (Å²) in [6.07, 6.45) is 2.07. The summed E-state index contributed by atoms with van der Waals surface area (Å²) < 4.78 is 47.0. The Morgan fingerprint density at radius 3 is 2.65 bits per heavy atom. The van der Waals surface area contributed by atoms with Gasteiger partial charge in [0.05, 0.1) is 32.1 Å². The molecule has 0 bridgehead atoms. The molecule has 1 aliphatic carbocycles. The van der Waals surface area contributed by atoms with Crippen molar-refractivity contribution in [3.63, 3.8) is 0 Å². The normalized spacial score (nSPS) is 22.4. The minimum absolute atomic E-state index is 0.0133. The zero-order chi connectivity index (χ0) is 22.0. The number of fused-ring (bicyclic) bond motifs is 3.